The third kappa shape index (κ3) is 15.7. The fourth-order valence-electron chi connectivity index (χ4n) is 2.25. The maximum Gasteiger partial charge on any atom is -0.0351 e. The molecule has 0 aromatic carbocycles. The van der Waals surface area contributed by atoms with Crippen molar-refractivity contribution >= 4 is 0 Å². The van der Waals surface area contributed by atoms with Crippen LogP contribution in [0.4, 0.5) is 0 Å². The highest BCUT2D eigenvalue weighted by atomic mass is 14.0. The Morgan fingerprint density at radius 1 is 0.611 bits per heavy atom. The third-order valence-electron chi connectivity index (χ3n) is 3.51. The van der Waals surface area contributed by atoms with E-state index in [1.165, 1.54) is 83.5 Å². The van der Waals surface area contributed by atoms with E-state index in [0.717, 1.165) is 6.42 Å². The van der Waals surface area contributed by atoms with Gasteiger partial charge in [0.15, 0.2) is 0 Å². The van der Waals surface area contributed by atoms with Gasteiger partial charge in [-0.25, -0.2) is 0 Å². The molecule has 0 aliphatic rings. The maximum atomic E-state index is 3.88. The average Bonchev–Trinajstić information content (AvgIpc) is 2.39. The van der Waals surface area contributed by atoms with Crippen LogP contribution in [-0.4, -0.2) is 0 Å². The summed E-state index contributed by atoms with van der Waals surface area (Å²) in [5.74, 6) is 0. The van der Waals surface area contributed by atoms with Gasteiger partial charge >= 0.3 is 0 Å². The molecule has 107 valence electrons. The summed E-state index contributed by atoms with van der Waals surface area (Å²) in [5, 5.41) is 0. The van der Waals surface area contributed by atoms with E-state index in [-0.39, 0.29) is 0 Å². The topological polar surface area (TPSA) is 0 Å². The van der Waals surface area contributed by atoms with Crippen LogP contribution in [0.5, 0.6) is 0 Å². The number of rotatable bonds is 14. The molecule has 18 heavy (non-hydrogen) atoms. The molecule has 0 nitrogen and oxygen atoms in total. The highest BCUT2D eigenvalue weighted by Crippen LogP contribution is 2.10. The molecule has 0 saturated carbocycles. The number of allylic oxidation sites excluding steroid dienone is 2. The highest BCUT2D eigenvalue weighted by Gasteiger charge is 1.91. The summed E-state index contributed by atoms with van der Waals surface area (Å²) < 4.78 is 0. The van der Waals surface area contributed by atoms with Crippen molar-refractivity contribution in [1.82, 2.24) is 0 Å². The van der Waals surface area contributed by atoms with Gasteiger partial charge in [-0.2, -0.15) is 0 Å². The van der Waals surface area contributed by atoms with Gasteiger partial charge < -0.3 is 0 Å². The van der Waals surface area contributed by atoms with Crippen molar-refractivity contribution in [3.8, 4) is 0 Å². The Bertz CT molecular complexity index is 157. The van der Waals surface area contributed by atoms with Crippen LogP contribution in [0.1, 0.15) is 96.8 Å². The molecule has 1 radical (unpaired) electrons. The summed E-state index contributed by atoms with van der Waals surface area (Å²) in [5.41, 5.74) is 0. The Labute approximate surface area is 116 Å². The first-order valence-electron chi connectivity index (χ1n) is 8.36. The van der Waals surface area contributed by atoms with Gasteiger partial charge in [0.05, 0.1) is 0 Å². The van der Waals surface area contributed by atoms with Crippen LogP contribution in [0, 0.1) is 6.92 Å². The zero-order valence-electron chi connectivity index (χ0n) is 12.8. The molecule has 0 aliphatic carbocycles. The molecule has 0 fully saturated rings. The average molecular weight is 251 g/mol. The molecule has 0 bridgehead atoms. The Hall–Kier alpha value is -0.260. The summed E-state index contributed by atoms with van der Waals surface area (Å²) in [7, 11) is 0. The molecule has 0 aromatic heterocycles. The van der Waals surface area contributed by atoms with Crippen LogP contribution in [0.25, 0.3) is 0 Å². The summed E-state index contributed by atoms with van der Waals surface area (Å²) in [6.07, 6.45) is 23.9. The molecular formula is C18H35. The highest BCUT2D eigenvalue weighted by molar-refractivity contribution is 4.81. The maximum absolute atomic E-state index is 3.88. The van der Waals surface area contributed by atoms with Crippen molar-refractivity contribution in [3.63, 3.8) is 0 Å². The first-order chi connectivity index (χ1) is 8.91. The van der Waals surface area contributed by atoms with E-state index in [2.05, 4.69) is 26.0 Å². The largest absolute Gasteiger partial charge is 0.0885 e. The van der Waals surface area contributed by atoms with Gasteiger partial charge in [0.1, 0.15) is 0 Å². The number of unbranched alkanes of at least 4 members (excludes halogenated alkanes) is 12. The zero-order valence-corrected chi connectivity index (χ0v) is 12.8. The first-order valence-corrected chi connectivity index (χ1v) is 8.36. The SMILES string of the molecule is [CH2]CCCCCCCCCCC=CCCCCC. The van der Waals surface area contributed by atoms with Crippen molar-refractivity contribution < 1.29 is 0 Å². The molecule has 0 amide bonds. The van der Waals surface area contributed by atoms with Crippen LogP contribution in [0.2, 0.25) is 0 Å². The fourth-order valence-corrected chi connectivity index (χ4v) is 2.25. The van der Waals surface area contributed by atoms with Crippen LogP contribution in [0.3, 0.4) is 0 Å². The lowest BCUT2D eigenvalue weighted by atomic mass is 10.1. The standard InChI is InChI=1S/C18H35/c1-3-5-7-9-11-13-15-17-18-16-14-12-10-8-6-4-2/h12,14H,1,3-11,13,15-18H2,2H3. The molecule has 0 atom stereocenters. The second-order valence-electron chi connectivity index (χ2n) is 5.44. The van der Waals surface area contributed by atoms with E-state index in [9.17, 15) is 0 Å². The van der Waals surface area contributed by atoms with E-state index in [1.807, 2.05) is 0 Å². The second kappa shape index (κ2) is 16.7. The molecule has 0 aromatic rings. The lowest BCUT2D eigenvalue weighted by Crippen LogP contribution is -1.80. The van der Waals surface area contributed by atoms with E-state index in [1.54, 1.807) is 0 Å². The molecule has 0 unspecified atom stereocenters. The second-order valence-corrected chi connectivity index (χ2v) is 5.44. The molecule has 0 saturated heterocycles. The van der Waals surface area contributed by atoms with Crippen LogP contribution < -0.4 is 0 Å². The van der Waals surface area contributed by atoms with Crippen molar-refractivity contribution in [2.45, 2.75) is 96.8 Å². The molecule has 0 spiro atoms. The summed E-state index contributed by atoms with van der Waals surface area (Å²) in [6.45, 7) is 6.15. The normalized spacial score (nSPS) is 11.4. The Morgan fingerprint density at radius 3 is 1.56 bits per heavy atom. The van der Waals surface area contributed by atoms with Crippen molar-refractivity contribution in [2.24, 2.45) is 0 Å². The van der Waals surface area contributed by atoms with Crippen molar-refractivity contribution in [3.05, 3.63) is 19.1 Å². The van der Waals surface area contributed by atoms with Gasteiger partial charge in [-0.05, 0) is 25.7 Å². The summed E-state index contributed by atoms with van der Waals surface area (Å²) >= 11 is 0. The van der Waals surface area contributed by atoms with E-state index < -0.39 is 0 Å². The smallest absolute Gasteiger partial charge is 0.0351 e. The van der Waals surface area contributed by atoms with E-state index in [0.29, 0.717) is 0 Å². The molecule has 0 rings (SSSR count). The van der Waals surface area contributed by atoms with Gasteiger partial charge in [-0.3, -0.25) is 0 Å². The minimum absolute atomic E-state index is 1.12. The summed E-state index contributed by atoms with van der Waals surface area (Å²) in [4.78, 5) is 0. The predicted octanol–water partition coefficient (Wildman–Crippen LogP) is 6.86. The molecule has 0 heteroatoms. The Kier molecular flexibility index (Phi) is 16.5. The van der Waals surface area contributed by atoms with Crippen LogP contribution >= 0.6 is 0 Å². The monoisotopic (exact) mass is 251 g/mol. The van der Waals surface area contributed by atoms with Gasteiger partial charge in [-0.1, -0.05) is 90.2 Å². The lowest BCUT2D eigenvalue weighted by molar-refractivity contribution is 0.570. The van der Waals surface area contributed by atoms with Crippen molar-refractivity contribution in [1.29, 1.82) is 0 Å². The molecule has 0 N–H and O–H groups in total. The van der Waals surface area contributed by atoms with Crippen LogP contribution in [0.15, 0.2) is 12.2 Å². The minimum atomic E-state index is 1.12. The molecule has 0 heterocycles. The van der Waals surface area contributed by atoms with Gasteiger partial charge in [0, 0.05) is 0 Å². The zero-order chi connectivity index (χ0) is 13.3. The predicted molar refractivity (Wildman–Crippen MR) is 84.8 cm³/mol. The minimum Gasteiger partial charge on any atom is -0.0885 e. The van der Waals surface area contributed by atoms with Crippen molar-refractivity contribution in [2.75, 3.05) is 0 Å². The van der Waals surface area contributed by atoms with Crippen LogP contribution in [-0.2, 0) is 0 Å². The van der Waals surface area contributed by atoms with Gasteiger partial charge in [0.2, 0.25) is 0 Å². The lowest BCUT2D eigenvalue weighted by Gasteiger charge is -2.00. The van der Waals surface area contributed by atoms with Gasteiger partial charge in [0.25, 0.3) is 0 Å². The molecular weight excluding hydrogens is 216 g/mol. The summed E-state index contributed by atoms with van der Waals surface area (Å²) in [6, 6.07) is 0. The molecule has 0 aliphatic heterocycles. The fraction of sp³-hybridized carbons (Fsp3) is 0.833. The Morgan fingerprint density at radius 2 is 1.06 bits per heavy atom. The Balaban J connectivity index is 2.98. The van der Waals surface area contributed by atoms with E-state index in [4.69, 9.17) is 0 Å². The number of hydrogen-bond donors (Lipinski definition) is 0. The quantitative estimate of drug-likeness (QED) is 0.234. The third-order valence-corrected chi connectivity index (χ3v) is 3.51. The van der Waals surface area contributed by atoms with E-state index >= 15 is 0 Å². The number of hydrogen-bond acceptors (Lipinski definition) is 0. The van der Waals surface area contributed by atoms with Gasteiger partial charge in [-0.15, -0.1) is 0 Å². The first kappa shape index (κ1) is 17.7.